The molecular weight excluding hydrogens is 334 g/mol. The van der Waals surface area contributed by atoms with Crippen LogP contribution in [0, 0.1) is 6.92 Å². The molecule has 0 amide bonds. The van der Waals surface area contributed by atoms with E-state index in [4.69, 9.17) is 0 Å². The third kappa shape index (κ3) is 2.51. The number of rotatable bonds is 2. The molecule has 5 rings (SSSR count). The number of thiophene rings is 1. The molecule has 0 aliphatic rings. The number of hydrogen-bond donors (Lipinski definition) is 0. The summed E-state index contributed by atoms with van der Waals surface area (Å²) in [6.07, 6.45) is 0. The Balaban J connectivity index is 1.72. The fourth-order valence-corrected chi connectivity index (χ4v) is 4.76. The molecule has 26 heavy (non-hydrogen) atoms. The average Bonchev–Trinajstić information content (AvgIpc) is 3.07. The van der Waals surface area contributed by atoms with E-state index in [1.54, 1.807) is 0 Å². The van der Waals surface area contributed by atoms with Gasteiger partial charge in [-0.1, -0.05) is 60.7 Å². The number of benzene rings is 3. The zero-order valence-electron chi connectivity index (χ0n) is 14.4. The number of nitrogens with zero attached hydrogens (tertiary/aromatic N) is 1. The van der Waals surface area contributed by atoms with Gasteiger partial charge in [0.05, 0.1) is 5.69 Å². The lowest BCUT2D eigenvalue weighted by molar-refractivity contribution is 1.21. The Hall–Kier alpha value is -2.97. The molecule has 0 N–H and O–H groups in total. The van der Waals surface area contributed by atoms with E-state index >= 15 is 0 Å². The fraction of sp³-hybridized carbons (Fsp3) is 0.0417. The molecule has 0 bridgehead atoms. The maximum atomic E-state index is 4.68. The van der Waals surface area contributed by atoms with E-state index in [0.29, 0.717) is 0 Å². The largest absolute Gasteiger partial charge is 0.253 e. The standard InChI is InChI=1S/C24H17NS/c1-16-7-4-13-22(25-16)18-9-5-8-17(15-18)19-11-6-12-21-20-10-2-3-14-23(20)26-24(19)21/h2-15H,1H3. The second-order valence-corrected chi connectivity index (χ2v) is 7.58. The summed E-state index contributed by atoms with van der Waals surface area (Å²) in [6, 6.07) is 30.1. The second kappa shape index (κ2) is 6.08. The molecule has 0 atom stereocenters. The van der Waals surface area contributed by atoms with Gasteiger partial charge in [-0.3, -0.25) is 4.98 Å². The molecule has 0 aliphatic carbocycles. The third-order valence-corrected chi connectivity index (χ3v) is 5.98. The van der Waals surface area contributed by atoms with Crippen molar-refractivity contribution in [2.45, 2.75) is 6.92 Å². The van der Waals surface area contributed by atoms with Gasteiger partial charge < -0.3 is 0 Å². The Labute approximate surface area is 156 Å². The van der Waals surface area contributed by atoms with Crippen molar-refractivity contribution in [2.24, 2.45) is 0 Å². The summed E-state index contributed by atoms with van der Waals surface area (Å²) in [5.74, 6) is 0. The first-order valence-electron chi connectivity index (χ1n) is 8.74. The molecule has 0 aliphatic heterocycles. The van der Waals surface area contributed by atoms with E-state index in [1.807, 2.05) is 24.3 Å². The van der Waals surface area contributed by atoms with E-state index < -0.39 is 0 Å². The average molecular weight is 351 g/mol. The molecule has 124 valence electrons. The van der Waals surface area contributed by atoms with E-state index in [2.05, 4.69) is 83.8 Å². The highest BCUT2D eigenvalue weighted by atomic mass is 32.1. The summed E-state index contributed by atoms with van der Waals surface area (Å²) in [7, 11) is 0. The zero-order chi connectivity index (χ0) is 17.5. The van der Waals surface area contributed by atoms with Gasteiger partial charge in [0.15, 0.2) is 0 Å². The lowest BCUT2D eigenvalue weighted by atomic mass is 9.99. The van der Waals surface area contributed by atoms with Gasteiger partial charge in [-0.05, 0) is 42.3 Å². The topological polar surface area (TPSA) is 12.9 Å². The first-order chi connectivity index (χ1) is 12.8. The second-order valence-electron chi connectivity index (χ2n) is 6.53. The molecule has 0 saturated heterocycles. The third-order valence-electron chi connectivity index (χ3n) is 4.76. The normalized spacial score (nSPS) is 11.3. The van der Waals surface area contributed by atoms with Crippen molar-refractivity contribution in [3.8, 4) is 22.4 Å². The molecule has 0 unspecified atom stereocenters. The van der Waals surface area contributed by atoms with Crippen molar-refractivity contribution in [3.05, 3.63) is 90.6 Å². The van der Waals surface area contributed by atoms with Crippen LogP contribution in [-0.4, -0.2) is 4.98 Å². The first-order valence-corrected chi connectivity index (χ1v) is 9.56. The van der Waals surface area contributed by atoms with Crippen LogP contribution in [0.4, 0.5) is 0 Å². The summed E-state index contributed by atoms with van der Waals surface area (Å²) in [5.41, 5.74) is 5.75. The van der Waals surface area contributed by atoms with Crippen LogP contribution in [0.3, 0.4) is 0 Å². The molecule has 5 aromatic rings. The van der Waals surface area contributed by atoms with Crippen molar-refractivity contribution >= 4 is 31.5 Å². The lowest BCUT2D eigenvalue weighted by Gasteiger charge is -2.07. The molecule has 3 aromatic carbocycles. The Morgan fingerprint density at radius 3 is 2.38 bits per heavy atom. The number of aromatic nitrogens is 1. The molecular formula is C24H17NS. The van der Waals surface area contributed by atoms with Crippen LogP contribution in [0.25, 0.3) is 42.6 Å². The maximum absolute atomic E-state index is 4.68. The van der Waals surface area contributed by atoms with Gasteiger partial charge in [0.25, 0.3) is 0 Å². The minimum Gasteiger partial charge on any atom is -0.253 e. The van der Waals surface area contributed by atoms with Gasteiger partial charge in [0, 0.05) is 31.4 Å². The number of aryl methyl sites for hydroxylation is 1. The SMILES string of the molecule is Cc1cccc(-c2cccc(-c3cccc4c3sc3ccccc34)c2)n1. The summed E-state index contributed by atoms with van der Waals surface area (Å²) < 4.78 is 2.69. The maximum Gasteiger partial charge on any atom is 0.0705 e. The van der Waals surface area contributed by atoms with Crippen LogP contribution in [0.1, 0.15) is 5.69 Å². The summed E-state index contributed by atoms with van der Waals surface area (Å²) >= 11 is 1.87. The Bertz CT molecular complexity index is 1250. The molecule has 2 heteroatoms. The molecule has 0 saturated carbocycles. The smallest absolute Gasteiger partial charge is 0.0705 e. The van der Waals surface area contributed by atoms with E-state index in [1.165, 1.54) is 31.3 Å². The quantitative estimate of drug-likeness (QED) is 0.331. The minimum atomic E-state index is 1.02. The van der Waals surface area contributed by atoms with Crippen molar-refractivity contribution in [2.75, 3.05) is 0 Å². The predicted molar refractivity (Wildman–Crippen MR) is 113 cm³/mol. The van der Waals surface area contributed by atoms with E-state index in [0.717, 1.165) is 17.0 Å². The van der Waals surface area contributed by atoms with E-state index in [9.17, 15) is 0 Å². The number of pyridine rings is 1. The highest BCUT2D eigenvalue weighted by Gasteiger charge is 2.10. The highest BCUT2D eigenvalue weighted by Crippen LogP contribution is 2.40. The summed E-state index contributed by atoms with van der Waals surface area (Å²) in [4.78, 5) is 4.68. The van der Waals surface area contributed by atoms with Gasteiger partial charge >= 0.3 is 0 Å². The predicted octanol–water partition coefficient (Wildman–Crippen LogP) is 7.09. The van der Waals surface area contributed by atoms with E-state index in [-0.39, 0.29) is 0 Å². The molecule has 1 nitrogen and oxygen atoms in total. The highest BCUT2D eigenvalue weighted by molar-refractivity contribution is 7.26. The van der Waals surface area contributed by atoms with Gasteiger partial charge in [-0.2, -0.15) is 0 Å². The van der Waals surface area contributed by atoms with Crippen LogP contribution in [0.15, 0.2) is 84.9 Å². The minimum absolute atomic E-state index is 1.02. The molecule has 2 heterocycles. The van der Waals surface area contributed by atoms with Gasteiger partial charge in [-0.25, -0.2) is 0 Å². The number of fused-ring (bicyclic) bond motifs is 3. The van der Waals surface area contributed by atoms with Crippen LogP contribution < -0.4 is 0 Å². The van der Waals surface area contributed by atoms with Crippen LogP contribution in [0.2, 0.25) is 0 Å². The Kier molecular flexibility index (Phi) is 3.58. The van der Waals surface area contributed by atoms with Crippen molar-refractivity contribution in [1.82, 2.24) is 4.98 Å². The zero-order valence-corrected chi connectivity index (χ0v) is 15.3. The van der Waals surface area contributed by atoms with Crippen LogP contribution in [-0.2, 0) is 0 Å². The van der Waals surface area contributed by atoms with Crippen LogP contribution in [0.5, 0.6) is 0 Å². The summed E-state index contributed by atoms with van der Waals surface area (Å²) in [6.45, 7) is 2.03. The van der Waals surface area contributed by atoms with Crippen molar-refractivity contribution < 1.29 is 0 Å². The molecule has 0 spiro atoms. The van der Waals surface area contributed by atoms with Crippen molar-refractivity contribution in [3.63, 3.8) is 0 Å². The Morgan fingerprint density at radius 2 is 1.46 bits per heavy atom. The lowest BCUT2D eigenvalue weighted by Crippen LogP contribution is -1.87. The Morgan fingerprint density at radius 1 is 0.692 bits per heavy atom. The molecule has 2 aromatic heterocycles. The van der Waals surface area contributed by atoms with Crippen molar-refractivity contribution in [1.29, 1.82) is 0 Å². The molecule has 0 radical (unpaired) electrons. The van der Waals surface area contributed by atoms with Gasteiger partial charge in [-0.15, -0.1) is 11.3 Å². The first kappa shape index (κ1) is 15.3. The van der Waals surface area contributed by atoms with Gasteiger partial charge in [0.2, 0.25) is 0 Å². The van der Waals surface area contributed by atoms with Crippen LogP contribution >= 0.6 is 11.3 Å². The van der Waals surface area contributed by atoms with Gasteiger partial charge in [0.1, 0.15) is 0 Å². The molecule has 0 fully saturated rings. The fourth-order valence-electron chi connectivity index (χ4n) is 3.52. The monoisotopic (exact) mass is 351 g/mol. The summed E-state index contributed by atoms with van der Waals surface area (Å²) in [5, 5.41) is 2.67. The number of hydrogen-bond acceptors (Lipinski definition) is 2.